The lowest BCUT2D eigenvalue weighted by Gasteiger charge is -2.09. The van der Waals surface area contributed by atoms with Crippen molar-refractivity contribution in [1.29, 1.82) is 0 Å². The van der Waals surface area contributed by atoms with Crippen LogP contribution < -0.4 is 0 Å². The highest BCUT2D eigenvalue weighted by molar-refractivity contribution is 8.00. The molecule has 0 heterocycles. The molecule has 0 nitrogen and oxygen atoms in total. The molecule has 0 unspecified atom stereocenters. The number of hydrogen-bond acceptors (Lipinski definition) is 0. The van der Waals surface area contributed by atoms with Crippen LogP contribution in [0.4, 0.5) is 0 Å². The van der Waals surface area contributed by atoms with Gasteiger partial charge < -0.3 is 0 Å². The van der Waals surface area contributed by atoms with Gasteiger partial charge in [-0.3, -0.25) is 0 Å². The molecule has 0 spiro atoms. The molecule has 0 aromatic heterocycles. The first kappa shape index (κ1) is 17.4. The minimum Gasteiger partial charge on any atom is -0.0875 e. The minimum atomic E-state index is -0.0839. The molecule has 0 atom stereocenters. The van der Waals surface area contributed by atoms with Crippen molar-refractivity contribution in [1.82, 2.24) is 0 Å². The van der Waals surface area contributed by atoms with E-state index in [0.717, 1.165) is 0 Å². The molecule has 2 aromatic rings. The average molecular weight is 322 g/mol. The smallest absolute Gasteiger partial charge is 0.0875 e. The van der Waals surface area contributed by atoms with Crippen molar-refractivity contribution in [3.05, 3.63) is 94.9 Å². The van der Waals surface area contributed by atoms with Crippen LogP contribution in [0.3, 0.4) is 0 Å². The van der Waals surface area contributed by atoms with Gasteiger partial charge >= 0.3 is 0 Å². The Bertz CT molecular complexity index is 655. The average Bonchev–Trinajstić information content (AvgIpc) is 2.56. The van der Waals surface area contributed by atoms with E-state index in [9.17, 15) is 0 Å². The van der Waals surface area contributed by atoms with Gasteiger partial charge in [-0.25, -0.2) is 0 Å². The van der Waals surface area contributed by atoms with Crippen molar-refractivity contribution in [2.75, 3.05) is 0 Å². The van der Waals surface area contributed by atoms with Crippen molar-refractivity contribution in [3.63, 3.8) is 0 Å². The largest absolute Gasteiger partial charge is 0.166 e. The van der Waals surface area contributed by atoms with E-state index in [2.05, 4.69) is 107 Å². The molecule has 0 aliphatic carbocycles. The van der Waals surface area contributed by atoms with Gasteiger partial charge in [0.25, 0.3) is 0 Å². The molecule has 0 aliphatic heterocycles. The third kappa shape index (κ3) is 4.74. The van der Waals surface area contributed by atoms with Gasteiger partial charge in [-0.2, -0.15) is 0 Å². The summed E-state index contributed by atoms with van der Waals surface area (Å²) in [4.78, 5) is 4.04. The van der Waals surface area contributed by atoms with Gasteiger partial charge in [0.15, 0.2) is 14.7 Å². The third-order valence-electron chi connectivity index (χ3n) is 3.53. The summed E-state index contributed by atoms with van der Waals surface area (Å²) < 4.78 is 0. The summed E-state index contributed by atoms with van der Waals surface area (Å²) in [6, 6.07) is 17.8. The number of benzene rings is 2. The number of allylic oxidation sites excluding steroid dienone is 5. The van der Waals surface area contributed by atoms with E-state index in [1.165, 1.54) is 25.8 Å². The zero-order valence-corrected chi connectivity index (χ0v) is 15.2. The Morgan fingerprint density at radius 1 is 0.739 bits per heavy atom. The molecule has 2 aromatic carbocycles. The summed E-state index contributed by atoms with van der Waals surface area (Å²) in [6.07, 6.45) is 10.8. The van der Waals surface area contributed by atoms with E-state index in [1.807, 2.05) is 0 Å². The van der Waals surface area contributed by atoms with Crippen LogP contribution in [0.2, 0.25) is 0 Å². The normalized spacial score (nSPS) is 12.7. The Morgan fingerprint density at radius 3 is 1.61 bits per heavy atom. The predicted octanol–water partition coefficient (Wildman–Crippen LogP) is 6.38. The molecule has 0 amide bonds. The van der Waals surface area contributed by atoms with Crippen LogP contribution in [0.5, 0.6) is 0 Å². The van der Waals surface area contributed by atoms with Crippen LogP contribution in [0, 0.1) is 13.8 Å². The summed E-state index contributed by atoms with van der Waals surface area (Å²) >= 11 is 0. The number of hydrogen-bond donors (Lipinski definition) is 0. The number of aryl methyl sites for hydroxylation is 2. The zero-order chi connectivity index (χ0) is 16.7. The van der Waals surface area contributed by atoms with Gasteiger partial charge in [-0.1, -0.05) is 53.6 Å². The second-order valence-corrected chi connectivity index (χ2v) is 7.55. The van der Waals surface area contributed by atoms with E-state index < -0.39 is 0 Å². The van der Waals surface area contributed by atoms with E-state index in [4.69, 9.17) is 0 Å². The molecule has 23 heavy (non-hydrogen) atoms. The van der Waals surface area contributed by atoms with Gasteiger partial charge in [-0.15, -0.1) is 0 Å². The maximum Gasteiger partial charge on any atom is 0.166 e. The highest BCUT2D eigenvalue weighted by Crippen LogP contribution is 2.31. The fourth-order valence-corrected chi connectivity index (χ4v) is 4.42. The summed E-state index contributed by atoms with van der Waals surface area (Å²) in [5.41, 5.74) is 2.59. The molecule has 0 radical (unpaired) electrons. The quantitative estimate of drug-likeness (QED) is 0.443. The third-order valence-corrected chi connectivity index (χ3v) is 5.76. The highest BCUT2D eigenvalue weighted by atomic mass is 32.2. The fraction of sp³-hybridized carbons (Fsp3) is 0.182. The maximum absolute atomic E-state index is 2.26. The topological polar surface area (TPSA) is 0 Å². The lowest BCUT2D eigenvalue weighted by molar-refractivity contribution is 1.32. The summed E-state index contributed by atoms with van der Waals surface area (Å²) in [7, 11) is -0.0839. The van der Waals surface area contributed by atoms with Gasteiger partial charge in [0.05, 0.1) is 10.9 Å². The summed E-state index contributed by atoms with van der Waals surface area (Å²) in [5, 5.41) is 0. The maximum atomic E-state index is 2.26. The van der Waals surface area contributed by atoms with Crippen molar-refractivity contribution >= 4 is 10.9 Å². The van der Waals surface area contributed by atoms with E-state index in [0.29, 0.717) is 0 Å². The second kappa shape index (κ2) is 8.59. The Kier molecular flexibility index (Phi) is 6.49. The lowest BCUT2D eigenvalue weighted by atomic mass is 10.2. The van der Waals surface area contributed by atoms with Crippen molar-refractivity contribution < 1.29 is 0 Å². The van der Waals surface area contributed by atoms with Gasteiger partial charge in [0, 0.05) is 0 Å². The monoisotopic (exact) mass is 321 g/mol. The first-order valence-corrected chi connectivity index (χ1v) is 9.21. The zero-order valence-electron chi connectivity index (χ0n) is 14.4. The Hall–Kier alpha value is -1.99. The van der Waals surface area contributed by atoms with Crippen LogP contribution >= 0.6 is 0 Å². The van der Waals surface area contributed by atoms with Crippen LogP contribution in [-0.2, 0) is 10.9 Å². The first-order chi connectivity index (χ1) is 11.2. The molecular weight excluding hydrogens is 296 g/mol. The van der Waals surface area contributed by atoms with E-state index in [-0.39, 0.29) is 10.9 Å². The Balaban J connectivity index is 2.57. The summed E-state index contributed by atoms with van der Waals surface area (Å²) in [6.45, 7) is 8.40. The number of rotatable bonds is 5. The molecule has 2 rings (SSSR count). The van der Waals surface area contributed by atoms with Gasteiger partial charge in [0.1, 0.15) is 0 Å². The molecule has 0 fully saturated rings. The fourth-order valence-electron chi connectivity index (χ4n) is 2.30. The van der Waals surface area contributed by atoms with Gasteiger partial charge in [0.2, 0.25) is 0 Å². The van der Waals surface area contributed by atoms with Crippen molar-refractivity contribution in [3.8, 4) is 0 Å². The van der Waals surface area contributed by atoms with E-state index in [1.54, 1.807) is 0 Å². The molecule has 0 bridgehead atoms. The minimum absolute atomic E-state index is 0.0839. The molecule has 0 saturated heterocycles. The van der Waals surface area contributed by atoms with Crippen LogP contribution in [0.1, 0.15) is 25.0 Å². The molecule has 118 valence electrons. The Morgan fingerprint density at radius 2 is 1.22 bits per heavy atom. The molecule has 0 saturated carbocycles. The second-order valence-electron chi connectivity index (χ2n) is 5.53. The van der Waals surface area contributed by atoms with Crippen LogP contribution in [0.15, 0.2) is 93.6 Å². The highest BCUT2D eigenvalue weighted by Gasteiger charge is 2.29. The Labute approximate surface area is 143 Å². The standard InChI is InChI=1S/C22H25S/c1-5-7-9-20(8-6-2)23(21-14-10-18(3)11-15-21)22-16-12-19(4)13-17-22/h5-17H,1-4H3/q+1/b7-5+,8-6-,20-9+. The summed E-state index contributed by atoms with van der Waals surface area (Å²) in [5.74, 6) is 0. The van der Waals surface area contributed by atoms with Gasteiger partial charge in [-0.05, 0) is 64.1 Å². The lowest BCUT2D eigenvalue weighted by Crippen LogP contribution is -2.06. The molecular formula is C22H25S+. The van der Waals surface area contributed by atoms with Crippen LogP contribution in [0.25, 0.3) is 0 Å². The molecule has 1 heteroatoms. The van der Waals surface area contributed by atoms with E-state index >= 15 is 0 Å². The van der Waals surface area contributed by atoms with Crippen molar-refractivity contribution in [2.45, 2.75) is 37.5 Å². The van der Waals surface area contributed by atoms with Crippen molar-refractivity contribution in [2.24, 2.45) is 0 Å². The molecule has 0 aliphatic rings. The van der Waals surface area contributed by atoms with Crippen LogP contribution in [-0.4, -0.2) is 0 Å². The molecule has 0 N–H and O–H groups in total. The predicted molar refractivity (Wildman–Crippen MR) is 104 cm³/mol. The first-order valence-electron chi connectivity index (χ1n) is 7.99. The SMILES string of the molecule is C\C=C/C(=C\C=C\C)[S+](c1ccc(C)cc1)c1ccc(C)cc1.